The van der Waals surface area contributed by atoms with Crippen molar-refractivity contribution in [1.82, 2.24) is 4.98 Å². The zero-order chi connectivity index (χ0) is 10.4. The van der Waals surface area contributed by atoms with Crippen molar-refractivity contribution < 1.29 is 4.92 Å². The molecule has 3 rings (SSSR count). The molecule has 4 nitrogen and oxygen atoms in total. The van der Waals surface area contributed by atoms with E-state index in [1.165, 1.54) is 5.69 Å². The molecule has 0 amide bonds. The fourth-order valence-corrected chi connectivity index (χ4v) is 2.43. The second-order valence-corrected chi connectivity index (χ2v) is 3.89. The van der Waals surface area contributed by atoms with Gasteiger partial charge in [-0.05, 0) is 30.9 Å². The summed E-state index contributed by atoms with van der Waals surface area (Å²) in [4.78, 5) is 13.9. The second-order valence-electron chi connectivity index (χ2n) is 3.89. The van der Waals surface area contributed by atoms with Gasteiger partial charge in [-0.15, -0.1) is 0 Å². The molecule has 0 saturated heterocycles. The third-order valence-corrected chi connectivity index (χ3v) is 3.04. The number of nitrogens with zero attached hydrogens (tertiary/aromatic N) is 1. The fraction of sp³-hybridized carbons (Fsp3) is 0.273. The summed E-state index contributed by atoms with van der Waals surface area (Å²) >= 11 is 0. The first-order valence-corrected chi connectivity index (χ1v) is 5.04. The van der Waals surface area contributed by atoms with Gasteiger partial charge in [0, 0.05) is 11.8 Å². The van der Waals surface area contributed by atoms with Crippen molar-refractivity contribution in [2.24, 2.45) is 0 Å². The molecule has 0 bridgehead atoms. The third kappa shape index (κ3) is 1.08. The lowest BCUT2D eigenvalue weighted by Crippen LogP contribution is -1.89. The van der Waals surface area contributed by atoms with Crippen molar-refractivity contribution in [3.63, 3.8) is 0 Å². The Morgan fingerprint density at radius 3 is 3.00 bits per heavy atom. The molecule has 2 aromatic rings. The lowest BCUT2D eigenvalue weighted by Gasteiger charge is -1.96. The van der Waals surface area contributed by atoms with E-state index in [9.17, 15) is 10.1 Å². The van der Waals surface area contributed by atoms with E-state index in [1.807, 2.05) is 6.07 Å². The highest BCUT2D eigenvalue weighted by Crippen LogP contribution is 2.35. The molecule has 0 saturated carbocycles. The van der Waals surface area contributed by atoms with Crippen LogP contribution >= 0.6 is 0 Å². The Labute approximate surface area is 86.1 Å². The van der Waals surface area contributed by atoms with E-state index in [-0.39, 0.29) is 10.6 Å². The minimum absolute atomic E-state index is 0.229. The van der Waals surface area contributed by atoms with E-state index in [0.717, 1.165) is 35.7 Å². The fourth-order valence-electron chi connectivity index (χ4n) is 2.43. The number of benzene rings is 1. The SMILES string of the molecule is O=[N+]([O-])c1cccc2[nH]c3c(c12)CCC3. The molecule has 1 aromatic heterocycles. The monoisotopic (exact) mass is 202 g/mol. The molecule has 0 aliphatic heterocycles. The highest BCUT2D eigenvalue weighted by Gasteiger charge is 2.23. The average molecular weight is 202 g/mol. The number of H-pyrrole nitrogens is 1. The highest BCUT2D eigenvalue weighted by atomic mass is 16.6. The van der Waals surface area contributed by atoms with Crippen LogP contribution in [0.1, 0.15) is 17.7 Å². The number of nitro groups is 1. The van der Waals surface area contributed by atoms with Crippen molar-refractivity contribution in [2.45, 2.75) is 19.3 Å². The minimum Gasteiger partial charge on any atom is -0.358 e. The van der Waals surface area contributed by atoms with Gasteiger partial charge in [-0.1, -0.05) is 6.07 Å². The summed E-state index contributed by atoms with van der Waals surface area (Å²) < 4.78 is 0. The van der Waals surface area contributed by atoms with Gasteiger partial charge in [-0.2, -0.15) is 0 Å². The molecule has 1 aliphatic carbocycles. The number of hydrogen-bond donors (Lipinski definition) is 1. The first kappa shape index (κ1) is 8.47. The third-order valence-electron chi connectivity index (χ3n) is 3.04. The number of non-ortho nitro benzene ring substituents is 1. The smallest absolute Gasteiger partial charge is 0.279 e. The van der Waals surface area contributed by atoms with Gasteiger partial charge >= 0.3 is 0 Å². The molecule has 0 unspecified atom stereocenters. The Balaban J connectivity index is 2.41. The average Bonchev–Trinajstić information content (AvgIpc) is 2.75. The first-order valence-electron chi connectivity index (χ1n) is 5.04. The zero-order valence-corrected chi connectivity index (χ0v) is 8.12. The molecule has 0 radical (unpaired) electrons. The Kier molecular flexibility index (Phi) is 1.59. The van der Waals surface area contributed by atoms with Crippen LogP contribution in [0.2, 0.25) is 0 Å². The van der Waals surface area contributed by atoms with Crippen LogP contribution in [0.15, 0.2) is 18.2 Å². The number of nitrogens with one attached hydrogen (secondary N) is 1. The van der Waals surface area contributed by atoms with Crippen LogP contribution in [-0.4, -0.2) is 9.91 Å². The zero-order valence-electron chi connectivity index (χ0n) is 8.12. The van der Waals surface area contributed by atoms with Gasteiger partial charge in [0.1, 0.15) is 0 Å². The number of aromatic amines is 1. The Bertz CT molecular complexity index is 557. The molecule has 1 aromatic carbocycles. The number of rotatable bonds is 1. The topological polar surface area (TPSA) is 58.9 Å². The maximum Gasteiger partial charge on any atom is 0.279 e. The number of aryl methyl sites for hydroxylation is 2. The van der Waals surface area contributed by atoms with E-state index in [1.54, 1.807) is 12.1 Å². The van der Waals surface area contributed by atoms with Crippen LogP contribution in [-0.2, 0) is 12.8 Å². The second kappa shape index (κ2) is 2.82. The number of nitro benzene ring substituents is 1. The van der Waals surface area contributed by atoms with Gasteiger partial charge in [0.2, 0.25) is 0 Å². The van der Waals surface area contributed by atoms with Crippen molar-refractivity contribution in [3.05, 3.63) is 39.6 Å². The van der Waals surface area contributed by atoms with E-state index >= 15 is 0 Å². The van der Waals surface area contributed by atoms with E-state index < -0.39 is 0 Å². The van der Waals surface area contributed by atoms with Gasteiger partial charge in [-0.3, -0.25) is 10.1 Å². The first-order chi connectivity index (χ1) is 7.27. The Hall–Kier alpha value is -1.84. The molecule has 0 spiro atoms. The molecule has 4 heteroatoms. The predicted octanol–water partition coefficient (Wildman–Crippen LogP) is 2.56. The summed E-state index contributed by atoms with van der Waals surface area (Å²) in [5, 5.41) is 11.7. The van der Waals surface area contributed by atoms with E-state index in [0.29, 0.717) is 0 Å². The highest BCUT2D eigenvalue weighted by molar-refractivity contribution is 5.93. The maximum absolute atomic E-state index is 10.9. The summed E-state index contributed by atoms with van der Waals surface area (Å²) in [7, 11) is 0. The van der Waals surface area contributed by atoms with Gasteiger partial charge in [0.05, 0.1) is 15.8 Å². The number of hydrogen-bond acceptors (Lipinski definition) is 2. The molecule has 0 fully saturated rings. The molecule has 76 valence electrons. The Morgan fingerprint density at radius 2 is 2.20 bits per heavy atom. The molecule has 1 heterocycles. The molecule has 0 atom stereocenters. The summed E-state index contributed by atoms with van der Waals surface area (Å²) in [6, 6.07) is 5.21. The standard InChI is InChI=1S/C11H10N2O2/c14-13(15)10-6-2-5-9-11(10)7-3-1-4-8(7)12-9/h2,5-6,12H,1,3-4H2. The molecule has 15 heavy (non-hydrogen) atoms. The predicted molar refractivity (Wildman–Crippen MR) is 57.0 cm³/mol. The largest absolute Gasteiger partial charge is 0.358 e. The van der Waals surface area contributed by atoms with Crippen molar-refractivity contribution >= 4 is 16.6 Å². The molecule has 1 aliphatic rings. The van der Waals surface area contributed by atoms with Crippen molar-refractivity contribution in [2.75, 3.05) is 0 Å². The lowest BCUT2D eigenvalue weighted by atomic mass is 10.1. The number of aromatic nitrogens is 1. The molecular formula is C11H10N2O2. The van der Waals surface area contributed by atoms with Crippen LogP contribution < -0.4 is 0 Å². The summed E-state index contributed by atoms with van der Waals surface area (Å²) in [6.07, 6.45) is 3.07. The van der Waals surface area contributed by atoms with Gasteiger partial charge < -0.3 is 4.98 Å². The normalized spacial score (nSPS) is 14.4. The molecule has 1 N–H and O–H groups in total. The summed E-state index contributed by atoms with van der Waals surface area (Å²) in [5.41, 5.74) is 3.46. The van der Waals surface area contributed by atoms with E-state index in [4.69, 9.17) is 0 Å². The number of fused-ring (bicyclic) bond motifs is 3. The van der Waals surface area contributed by atoms with Crippen LogP contribution in [0, 0.1) is 10.1 Å². The van der Waals surface area contributed by atoms with Crippen LogP contribution in [0.3, 0.4) is 0 Å². The lowest BCUT2D eigenvalue weighted by molar-refractivity contribution is -0.383. The van der Waals surface area contributed by atoms with Gasteiger partial charge in [0.25, 0.3) is 5.69 Å². The van der Waals surface area contributed by atoms with E-state index in [2.05, 4.69) is 4.98 Å². The summed E-state index contributed by atoms with van der Waals surface area (Å²) in [6.45, 7) is 0. The van der Waals surface area contributed by atoms with Crippen molar-refractivity contribution in [3.8, 4) is 0 Å². The maximum atomic E-state index is 10.9. The van der Waals surface area contributed by atoms with Crippen LogP contribution in [0.4, 0.5) is 5.69 Å². The quantitative estimate of drug-likeness (QED) is 0.570. The molecular weight excluding hydrogens is 192 g/mol. The Morgan fingerprint density at radius 1 is 1.33 bits per heavy atom. The van der Waals surface area contributed by atoms with Gasteiger partial charge in [0.15, 0.2) is 0 Å². The van der Waals surface area contributed by atoms with Crippen molar-refractivity contribution in [1.29, 1.82) is 0 Å². The van der Waals surface area contributed by atoms with Gasteiger partial charge in [-0.25, -0.2) is 0 Å². The van der Waals surface area contributed by atoms with Crippen LogP contribution in [0.5, 0.6) is 0 Å². The van der Waals surface area contributed by atoms with Crippen LogP contribution in [0.25, 0.3) is 10.9 Å². The minimum atomic E-state index is -0.297. The summed E-state index contributed by atoms with van der Waals surface area (Å²) in [5.74, 6) is 0.